The van der Waals surface area contributed by atoms with E-state index in [0.29, 0.717) is 12.2 Å². The molecule has 0 bridgehead atoms. The number of unbranched alkanes of at least 4 members (excludes halogenated alkanes) is 4. The number of rotatable bonds is 15. The van der Waals surface area contributed by atoms with Gasteiger partial charge in [-0.1, -0.05) is 46.6 Å². The van der Waals surface area contributed by atoms with Gasteiger partial charge in [0.15, 0.2) is 0 Å². The smallest absolute Gasteiger partial charge is 0.333 e. The molecule has 0 aliphatic carbocycles. The van der Waals surface area contributed by atoms with Gasteiger partial charge in [0.05, 0.1) is 32.8 Å². The van der Waals surface area contributed by atoms with Crippen molar-refractivity contribution in [1.82, 2.24) is 0 Å². The minimum absolute atomic E-state index is 0.254. The van der Waals surface area contributed by atoms with Crippen molar-refractivity contribution < 1.29 is 14.0 Å². The van der Waals surface area contributed by atoms with Gasteiger partial charge < -0.3 is 9.22 Å². The highest BCUT2D eigenvalue weighted by atomic mass is 16.5. The van der Waals surface area contributed by atoms with Crippen LogP contribution in [-0.4, -0.2) is 43.2 Å². The molecule has 23 heavy (non-hydrogen) atoms. The van der Waals surface area contributed by atoms with Crippen molar-refractivity contribution in [3.63, 3.8) is 0 Å². The van der Waals surface area contributed by atoms with Crippen molar-refractivity contribution in [2.45, 2.75) is 79.1 Å². The van der Waals surface area contributed by atoms with Crippen LogP contribution in [-0.2, 0) is 9.53 Å². The first kappa shape index (κ1) is 22.2. The van der Waals surface area contributed by atoms with Gasteiger partial charge in [0.1, 0.15) is 0 Å². The van der Waals surface area contributed by atoms with E-state index in [1.165, 1.54) is 69.1 Å². The first-order valence-corrected chi connectivity index (χ1v) is 9.69. The van der Waals surface area contributed by atoms with E-state index in [1.54, 1.807) is 6.92 Å². The molecule has 0 fully saturated rings. The molecule has 0 spiro atoms. The second kappa shape index (κ2) is 13.6. The van der Waals surface area contributed by atoms with Crippen molar-refractivity contribution in [3.8, 4) is 0 Å². The monoisotopic (exact) mass is 326 g/mol. The Balaban J connectivity index is 4.56. The van der Waals surface area contributed by atoms with Crippen molar-refractivity contribution in [3.05, 3.63) is 12.2 Å². The van der Waals surface area contributed by atoms with E-state index < -0.39 is 0 Å². The highest BCUT2D eigenvalue weighted by Crippen LogP contribution is 2.16. The lowest BCUT2D eigenvalue weighted by molar-refractivity contribution is -0.929. The van der Waals surface area contributed by atoms with Crippen LogP contribution in [0.2, 0.25) is 0 Å². The summed E-state index contributed by atoms with van der Waals surface area (Å²) in [6.07, 6.45) is 9.96. The zero-order chi connectivity index (χ0) is 17.6. The van der Waals surface area contributed by atoms with Gasteiger partial charge in [-0.15, -0.1) is 0 Å². The van der Waals surface area contributed by atoms with Crippen LogP contribution in [0.25, 0.3) is 0 Å². The normalized spacial score (nSPS) is 11.5. The molecule has 3 heteroatoms. The van der Waals surface area contributed by atoms with E-state index in [-0.39, 0.29) is 5.97 Å². The van der Waals surface area contributed by atoms with E-state index >= 15 is 0 Å². The van der Waals surface area contributed by atoms with E-state index in [9.17, 15) is 4.79 Å². The van der Waals surface area contributed by atoms with Crippen LogP contribution in [0, 0.1) is 0 Å². The highest BCUT2D eigenvalue weighted by molar-refractivity contribution is 5.86. The molecule has 0 radical (unpaired) electrons. The number of hydrogen-bond acceptors (Lipinski definition) is 2. The average Bonchev–Trinajstić information content (AvgIpc) is 2.54. The summed E-state index contributed by atoms with van der Waals surface area (Å²) in [7, 11) is 0. The molecule has 0 unspecified atom stereocenters. The van der Waals surface area contributed by atoms with E-state index in [0.717, 1.165) is 13.0 Å². The molecule has 0 aromatic rings. The molecular weight excluding hydrogens is 286 g/mol. The van der Waals surface area contributed by atoms with Gasteiger partial charge in [-0.2, -0.15) is 0 Å². The Kier molecular flexibility index (Phi) is 13.1. The Hall–Kier alpha value is -0.830. The fraction of sp³-hybridized carbons (Fsp3) is 0.850. The van der Waals surface area contributed by atoms with Crippen molar-refractivity contribution >= 4 is 5.97 Å². The predicted molar refractivity (Wildman–Crippen MR) is 99.5 cm³/mol. The molecule has 0 aliphatic rings. The molecule has 0 rings (SSSR count). The Morgan fingerprint density at radius 3 is 1.78 bits per heavy atom. The summed E-state index contributed by atoms with van der Waals surface area (Å²) in [5, 5.41) is 0. The molecule has 0 heterocycles. The molecular formula is C20H40NO2+. The van der Waals surface area contributed by atoms with Crippen molar-refractivity contribution in [1.29, 1.82) is 0 Å². The Bertz CT molecular complexity index is 318. The molecule has 0 amide bonds. The standard InChI is InChI=1S/C20H40NO2/c1-6-9-12-16-21(14-10-7-2,15-11-8-3)17-13-18-23-20(22)19(4)5/h4,6-18H2,1-3,5H3/q+1. The lowest BCUT2D eigenvalue weighted by Crippen LogP contribution is -2.51. The number of nitrogens with zero attached hydrogens (tertiary/aromatic N) is 1. The van der Waals surface area contributed by atoms with Crippen molar-refractivity contribution in [2.24, 2.45) is 0 Å². The summed E-state index contributed by atoms with van der Waals surface area (Å²) in [5.41, 5.74) is 0.491. The van der Waals surface area contributed by atoms with Gasteiger partial charge in [-0.25, -0.2) is 4.79 Å². The zero-order valence-corrected chi connectivity index (χ0v) is 16.2. The van der Waals surface area contributed by atoms with Gasteiger partial charge >= 0.3 is 5.97 Å². The van der Waals surface area contributed by atoms with Gasteiger partial charge in [-0.3, -0.25) is 0 Å². The Morgan fingerprint density at radius 1 is 0.826 bits per heavy atom. The summed E-state index contributed by atoms with van der Waals surface area (Å²) in [6, 6.07) is 0. The van der Waals surface area contributed by atoms with Crippen molar-refractivity contribution in [2.75, 3.05) is 32.8 Å². The van der Waals surface area contributed by atoms with Crippen LogP contribution in [0.1, 0.15) is 79.1 Å². The molecule has 0 aromatic carbocycles. The van der Waals surface area contributed by atoms with Crippen LogP contribution in [0.4, 0.5) is 0 Å². The van der Waals surface area contributed by atoms with Gasteiger partial charge in [0, 0.05) is 12.0 Å². The topological polar surface area (TPSA) is 26.3 Å². The minimum Gasteiger partial charge on any atom is -0.462 e. The van der Waals surface area contributed by atoms with Crippen LogP contribution in [0.15, 0.2) is 12.2 Å². The quantitative estimate of drug-likeness (QED) is 0.181. The average molecular weight is 327 g/mol. The second-order valence-electron chi connectivity index (χ2n) is 6.92. The van der Waals surface area contributed by atoms with E-state index in [4.69, 9.17) is 4.74 Å². The van der Waals surface area contributed by atoms with Gasteiger partial charge in [0.25, 0.3) is 0 Å². The molecule has 0 saturated heterocycles. The molecule has 136 valence electrons. The maximum atomic E-state index is 11.5. The molecule has 3 nitrogen and oxygen atoms in total. The van der Waals surface area contributed by atoms with Crippen LogP contribution >= 0.6 is 0 Å². The van der Waals surface area contributed by atoms with Crippen LogP contribution in [0.5, 0.6) is 0 Å². The van der Waals surface area contributed by atoms with Crippen LogP contribution in [0.3, 0.4) is 0 Å². The summed E-state index contributed by atoms with van der Waals surface area (Å²) < 4.78 is 6.50. The number of carbonyl (C=O) groups is 1. The number of ether oxygens (including phenoxy) is 1. The van der Waals surface area contributed by atoms with E-state index in [1.807, 2.05) is 0 Å². The minimum atomic E-state index is -0.254. The number of carbonyl (C=O) groups excluding carboxylic acids is 1. The Labute approximate surface area is 144 Å². The fourth-order valence-electron chi connectivity index (χ4n) is 3.04. The maximum Gasteiger partial charge on any atom is 0.333 e. The SMILES string of the molecule is C=C(C)C(=O)OCCC[N+](CCCC)(CCCC)CCCCC. The Morgan fingerprint density at radius 2 is 1.30 bits per heavy atom. The highest BCUT2D eigenvalue weighted by Gasteiger charge is 2.25. The lowest BCUT2D eigenvalue weighted by Gasteiger charge is -2.39. The first-order valence-electron chi connectivity index (χ1n) is 9.69. The number of hydrogen-bond donors (Lipinski definition) is 0. The largest absolute Gasteiger partial charge is 0.462 e. The van der Waals surface area contributed by atoms with Gasteiger partial charge in [-0.05, 0) is 32.6 Å². The zero-order valence-electron chi connectivity index (χ0n) is 16.2. The molecule has 0 atom stereocenters. The maximum absolute atomic E-state index is 11.5. The predicted octanol–water partition coefficient (Wildman–Crippen LogP) is 5.10. The summed E-state index contributed by atoms with van der Waals surface area (Å²) in [4.78, 5) is 11.5. The lowest BCUT2D eigenvalue weighted by atomic mass is 10.1. The third-order valence-electron chi connectivity index (χ3n) is 4.57. The van der Waals surface area contributed by atoms with Crippen LogP contribution < -0.4 is 0 Å². The summed E-state index contributed by atoms with van der Waals surface area (Å²) in [6.45, 7) is 17.6. The van der Waals surface area contributed by atoms with E-state index in [2.05, 4.69) is 27.4 Å². The van der Waals surface area contributed by atoms with Gasteiger partial charge in [0.2, 0.25) is 0 Å². The molecule has 0 saturated carbocycles. The number of esters is 1. The molecule has 0 aliphatic heterocycles. The third kappa shape index (κ3) is 10.5. The second-order valence-corrected chi connectivity index (χ2v) is 6.92. The molecule has 0 aromatic heterocycles. The fourth-order valence-corrected chi connectivity index (χ4v) is 3.04. The molecule has 0 N–H and O–H groups in total. The summed E-state index contributed by atoms with van der Waals surface area (Å²) >= 11 is 0. The third-order valence-corrected chi connectivity index (χ3v) is 4.57. The number of quaternary nitrogens is 1. The first-order chi connectivity index (χ1) is 11.0. The summed E-state index contributed by atoms with van der Waals surface area (Å²) in [5.74, 6) is -0.254.